The predicted molar refractivity (Wildman–Crippen MR) is 155 cm³/mol. The number of nitrogens with zero attached hydrogens (tertiary/aromatic N) is 6. The number of benzene rings is 2. The molecule has 41 heavy (non-hydrogen) atoms. The molecular formula is C29H27N7O5. The number of hydrogen-bond acceptors (Lipinski definition) is 10. The Morgan fingerprint density at radius 1 is 1.10 bits per heavy atom. The highest BCUT2D eigenvalue weighted by atomic mass is 16.6. The van der Waals surface area contributed by atoms with Gasteiger partial charge in [-0.1, -0.05) is 12.1 Å². The minimum atomic E-state index is -0.526. The Morgan fingerprint density at radius 2 is 1.90 bits per heavy atom. The lowest BCUT2D eigenvalue weighted by atomic mass is 10.1. The first-order valence-electron chi connectivity index (χ1n) is 12.7. The van der Waals surface area contributed by atoms with Gasteiger partial charge in [0, 0.05) is 55.8 Å². The van der Waals surface area contributed by atoms with Crippen molar-refractivity contribution in [3.63, 3.8) is 0 Å². The number of ether oxygens (including phenoxy) is 2. The number of hydrogen-bond donors (Lipinski definition) is 1. The number of carbonyl (C=O) groups is 1. The molecule has 2 aromatic carbocycles. The number of esters is 1. The van der Waals surface area contributed by atoms with Crippen LogP contribution in [0.1, 0.15) is 17.3 Å². The Hall–Kier alpha value is -5.52. The Kier molecular flexibility index (Phi) is 7.46. The lowest BCUT2D eigenvalue weighted by Crippen LogP contribution is -2.17. The number of carbonyl (C=O) groups excluding carboxylic acids is 1. The maximum Gasteiger partial charge on any atom is 0.340 e. The summed E-state index contributed by atoms with van der Waals surface area (Å²) in [6, 6.07) is 15.2. The van der Waals surface area contributed by atoms with Gasteiger partial charge in [0.1, 0.15) is 17.1 Å². The van der Waals surface area contributed by atoms with E-state index in [1.54, 1.807) is 61.6 Å². The first-order chi connectivity index (χ1) is 19.8. The Balaban J connectivity index is 1.53. The second-order valence-corrected chi connectivity index (χ2v) is 9.01. The van der Waals surface area contributed by atoms with Crippen molar-refractivity contribution in [1.29, 1.82) is 0 Å². The molecule has 0 fully saturated rings. The van der Waals surface area contributed by atoms with Gasteiger partial charge >= 0.3 is 5.97 Å². The van der Waals surface area contributed by atoms with Crippen LogP contribution in [0.15, 0.2) is 73.2 Å². The van der Waals surface area contributed by atoms with E-state index in [1.807, 2.05) is 29.9 Å². The van der Waals surface area contributed by atoms with Gasteiger partial charge in [-0.05, 0) is 37.3 Å². The molecule has 0 radical (unpaired) electrons. The lowest BCUT2D eigenvalue weighted by molar-refractivity contribution is -0.384. The number of rotatable bonds is 9. The highest BCUT2D eigenvalue weighted by Crippen LogP contribution is 2.42. The average molecular weight is 554 g/mol. The zero-order valence-electron chi connectivity index (χ0n) is 22.9. The molecule has 12 nitrogen and oxygen atoms in total. The molecule has 3 heterocycles. The number of pyridine rings is 1. The number of anilines is 4. The molecule has 5 aromatic rings. The van der Waals surface area contributed by atoms with E-state index >= 15 is 0 Å². The lowest BCUT2D eigenvalue weighted by Gasteiger charge is -2.23. The monoisotopic (exact) mass is 553 g/mol. The third-order valence-electron chi connectivity index (χ3n) is 6.53. The molecule has 0 saturated heterocycles. The first-order valence-corrected chi connectivity index (χ1v) is 12.7. The van der Waals surface area contributed by atoms with Crippen LogP contribution in [0.5, 0.6) is 5.75 Å². The summed E-state index contributed by atoms with van der Waals surface area (Å²) in [7, 11) is 5.01. The Bertz CT molecular complexity index is 1770. The fourth-order valence-electron chi connectivity index (χ4n) is 4.62. The van der Waals surface area contributed by atoms with Gasteiger partial charge in [0.2, 0.25) is 5.95 Å². The quantitative estimate of drug-likeness (QED) is 0.139. The third kappa shape index (κ3) is 5.22. The van der Waals surface area contributed by atoms with Crippen molar-refractivity contribution in [2.24, 2.45) is 7.05 Å². The summed E-state index contributed by atoms with van der Waals surface area (Å²) in [6.07, 6.45) is 5.28. The number of aryl methyl sites for hydroxylation is 1. The van der Waals surface area contributed by atoms with Gasteiger partial charge in [-0.2, -0.15) is 0 Å². The van der Waals surface area contributed by atoms with Crippen LogP contribution in [0.2, 0.25) is 0 Å². The highest BCUT2D eigenvalue weighted by molar-refractivity contribution is 5.97. The molecule has 0 aliphatic heterocycles. The summed E-state index contributed by atoms with van der Waals surface area (Å²) >= 11 is 0. The Labute approximate surface area is 235 Å². The minimum Gasteiger partial charge on any atom is -0.494 e. The highest BCUT2D eigenvalue weighted by Gasteiger charge is 2.25. The zero-order chi connectivity index (χ0) is 29.1. The number of nitro groups is 1. The van der Waals surface area contributed by atoms with Gasteiger partial charge < -0.3 is 24.3 Å². The van der Waals surface area contributed by atoms with Crippen LogP contribution < -0.4 is 15.0 Å². The summed E-state index contributed by atoms with van der Waals surface area (Å²) in [5, 5.41) is 16.2. The zero-order valence-corrected chi connectivity index (χ0v) is 22.9. The molecule has 1 N–H and O–H groups in total. The van der Waals surface area contributed by atoms with Crippen LogP contribution in [0, 0.1) is 10.1 Å². The van der Waals surface area contributed by atoms with Gasteiger partial charge in [0.15, 0.2) is 0 Å². The normalized spacial score (nSPS) is 10.8. The number of para-hydroxylation sites is 1. The maximum absolute atomic E-state index is 12.6. The van der Waals surface area contributed by atoms with Crippen molar-refractivity contribution >= 4 is 45.7 Å². The number of aromatic nitrogens is 4. The molecule has 0 saturated carbocycles. The first kappa shape index (κ1) is 27.1. The van der Waals surface area contributed by atoms with E-state index < -0.39 is 10.9 Å². The molecule has 3 aromatic heterocycles. The maximum atomic E-state index is 12.6. The second kappa shape index (κ2) is 11.3. The van der Waals surface area contributed by atoms with Crippen LogP contribution in [0.4, 0.5) is 28.7 Å². The minimum absolute atomic E-state index is 0.200. The molecule has 0 bridgehead atoms. The molecule has 0 spiro atoms. The van der Waals surface area contributed by atoms with Crippen molar-refractivity contribution in [3.8, 4) is 17.0 Å². The number of fused-ring (bicyclic) bond motifs is 1. The van der Waals surface area contributed by atoms with Gasteiger partial charge in [0.25, 0.3) is 5.69 Å². The van der Waals surface area contributed by atoms with E-state index in [2.05, 4.69) is 20.3 Å². The fraction of sp³-hybridized carbons (Fsp3) is 0.172. The summed E-state index contributed by atoms with van der Waals surface area (Å²) in [6.45, 7) is 1.91. The van der Waals surface area contributed by atoms with E-state index in [9.17, 15) is 14.9 Å². The second-order valence-electron chi connectivity index (χ2n) is 9.01. The summed E-state index contributed by atoms with van der Waals surface area (Å²) in [5.74, 6) is 0.0149. The molecule has 0 aliphatic rings. The predicted octanol–water partition coefficient (Wildman–Crippen LogP) is 5.64. The number of methoxy groups -OCH3 is 1. The standard InChI is InChI=1S/C29H27N7O5/c1-5-41-28(37)19-9-6-7-11-23(19)35(3)24-16-26(40-4)22(15-25(24)36(38)39)33-29-31-14-12-21(32-29)20-17-34(2)27-18(20)10-8-13-30-27/h6-17H,5H2,1-4H3,(H,31,32,33). The van der Waals surface area contributed by atoms with Crippen LogP contribution >= 0.6 is 0 Å². The van der Waals surface area contributed by atoms with Crippen molar-refractivity contribution < 1.29 is 19.2 Å². The van der Waals surface area contributed by atoms with Crippen LogP contribution in [-0.4, -0.2) is 51.2 Å². The van der Waals surface area contributed by atoms with Gasteiger partial charge in [-0.25, -0.2) is 19.7 Å². The largest absolute Gasteiger partial charge is 0.494 e. The van der Waals surface area contributed by atoms with E-state index in [0.717, 1.165) is 16.6 Å². The van der Waals surface area contributed by atoms with E-state index in [-0.39, 0.29) is 29.5 Å². The van der Waals surface area contributed by atoms with Crippen LogP contribution in [0.25, 0.3) is 22.3 Å². The van der Waals surface area contributed by atoms with E-state index in [0.29, 0.717) is 22.8 Å². The smallest absolute Gasteiger partial charge is 0.340 e. The van der Waals surface area contributed by atoms with Gasteiger partial charge in [0.05, 0.1) is 41.3 Å². The number of nitro benzene ring substituents is 1. The third-order valence-corrected chi connectivity index (χ3v) is 6.53. The molecular weight excluding hydrogens is 526 g/mol. The van der Waals surface area contributed by atoms with Crippen molar-refractivity contribution in [1.82, 2.24) is 19.5 Å². The van der Waals surface area contributed by atoms with Crippen molar-refractivity contribution in [2.45, 2.75) is 6.92 Å². The topological polar surface area (TPSA) is 138 Å². The number of nitrogens with one attached hydrogen (secondary N) is 1. The van der Waals surface area contributed by atoms with Gasteiger partial charge in [-0.3, -0.25) is 10.1 Å². The fourth-order valence-corrected chi connectivity index (χ4v) is 4.62. The van der Waals surface area contributed by atoms with E-state index in [1.165, 1.54) is 19.2 Å². The molecule has 5 rings (SSSR count). The van der Waals surface area contributed by atoms with Crippen molar-refractivity contribution in [2.75, 3.05) is 31.0 Å². The van der Waals surface area contributed by atoms with E-state index in [4.69, 9.17) is 9.47 Å². The molecule has 0 amide bonds. The summed E-state index contributed by atoms with van der Waals surface area (Å²) in [4.78, 5) is 39.3. The molecule has 0 unspecified atom stereocenters. The summed E-state index contributed by atoms with van der Waals surface area (Å²) in [5.41, 5.74) is 3.36. The van der Waals surface area contributed by atoms with Crippen molar-refractivity contribution in [3.05, 3.63) is 88.9 Å². The Morgan fingerprint density at radius 3 is 2.66 bits per heavy atom. The molecule has 0 atom stereocenters. The van der Waals surface area contributed by atoms with Crippen LogP contribution in [-0.2, 0) is 11.8 Å². The molecule has 12 heteroatoms. The average Bonchev–Trinajstić information content (AvgIpc) is 3.33. The molecule has 0 aliphatic carbocycles. The summed E-state index contributed by atoms with van der Waals surface area (Å²) < 4.78 is 12.7. The molecule has 208 valence electrons. The van der Waals surface area contributed by atoms with Crippen LogP contribution in [0.3, 0.4) is 0 Å². The van der Waals surface area contributed by atoms with Gasteiger partial charge in [-0.15, -0.1) is 0 Å². The SMILES string of the molecule is CCOC(=O)c1ccccc1N(C)c1cc(OC)c(Nc2nccc(-c3cn(C)c4ncccc34)n2)cc1[N+](=O)[O-].